The molecule has 2 fully saturated rings. The average Bonchev–Trinajstić information content (AvgIpc) is 2.78. The molecule has 3 heterocycles. The molecule has 3 atom stereocenters. The van der Waals surface area contributed by atoms with Gasteiger partial charge in [0.1, 0.15) is 6.33 Å². The average molecular weight is 532 g/mol. The van der Waals surface area contributed by atoms with Gasteiger partial charge in [0.2, 0.25) is 0 Å². The van der Waals surface area contributed by atoms with E-state index in [1.54, 1.807) is 6.33 Å². The number of piperidine rings is 1. The van der Waals surface area contributed by atoms with E-state index in [-0.39, 0.29) is 0 Å². The topological polar surface area (TPSA) is 116 Å². The number of likely N-dealkylation sites (tertiary alicyclic amines) is 1. The van der Waals surface area contributed by atoms with Crippen molar-refractivity contribution in [1.82, 2.24) is 19.8 Å². The Kier molecular flexibility index (Phi) is 12.0. The summed E-state index contributed by atoms with van der Waals surface area (Å²) in [4.78, 5) is 31.1. The second-order valence-corrected chi connectivity index (χ2v) is 8.62. The number of likely N-dealkylation sites (N-methyl/N-ethyl adjacent to an activating group) is 1. The van der Waals surface area contributed by atoms with Gasteiger partial charge in [-0.3, -0.25) is 9.80 Å². The highest BCUT2D eigenvalue weighted by Crippen LogP contribution is 2.32. The highest BCUT2D eigenvalue weighted by atomic mass is 19.4. The van der Waals surface area contributed by atoms with Gasteiger partial charge in [0.25, 0.3) is 0 Å². The van der Waals surface area contributed by atoms with Crippen LogP contribution in [0.2, 0.25) is 0 Å². The van der Waals surface area contributed by atoms with Gasteiger partial charge in [0.05, 0.1) is 6.10 Å². The van der Waals surface area contributed by atoms with Crippen LogP contribution in [0.5, 0.6) is 0 Å². The zero-order valence-corrected chi connectivity index (χ0v) is 20.0. The smallest absolute Gasteiger partial charge is 0.475 e. The highest BCUT2D eigenvalue weighted by molar-refractivity contribution is 5.73. The van der Waals surface area contributed by atoms with Gasteiger partial charge in [0.15, 0.2) is 0 Å². The molecular weight excluding hydrogens is 502 g/mol. The van der Waals surface area contributed by atoms with Crippen LogP contribution in [0.1, 0.15) is 32.3 Å². The molecule has 0 spiro atoms. The van der Waals surface area contributed by atoms with Crippen molar-refractivity contribution in [2.75, 3.05) is 26.7 Å². The summed E-state index contributed by atoms with van der Waals surface area (Å²) in [5.41, 5.74) is 1.17. The van der Waals surface area contributed by atoms with Crippen LogP contribution >= 0.6 is 0 Å². The molecule has 1 aromatic heterocycles. The largest absolute Gasteiger partial charge is 0.490 e. The second kappa shape index (κ2) is 13.7. The minimum atomic E-state index is -5.08. The lowest BCUT2D eigenvalue weighted by atomic mass is 9.84. The van der Waals surface area contributed by atoms with E-state index in [0.29, 0.717) is 24.1 Å². The van der Waals surface area contributed by atoms with Crippen molar-refractivity contribution in [2.45, 2.75) is 63.8 Å². The van der Waals surface area contributed by atoms with Gasteiger partial charge in [0, 0.05) is 56.3 Å². The van der Waals surface area contributed by atoms with Crippen molar-refractivity contribution in [2.24, 2.45) is 5.92 Å². The molecule has 1 aromatic rings. The monoisotopic (exact) mass is 532 g/mol. The summed E-state index contributed by atoms with van der Waals surface area (Å²) < 4.78 is 69.7. The van der Waals surface area contributed by atoms with Crippen LogP contribution < -0.4 is 0 Å². The molecule has 0 radical (unpaired) electrons. The molecule has 3 rings (SSSR count). The first-order chi connectivity index (χ1) is 16.5. The Bertz CT molecular complexity index is 801. The van der Waals surface area contributed by atoms with Gasteiger partial charge in [-0.1, -0.05) is 0 Å². The van der Waals surface area contributed by atoms with Crippen LogP contribution in [-0.4, -0.2) is 99.2 Å². The third kappa shape index (κ3) is 10.6. The number of nitrogens with zero attached hydrogens (tertiary/aromatic N) is 4. The predicted molar refractivity (Wildman–Crippen MR) is 114 cm³/mol. The molecule has 0 aliphatic carbocycles. The van der Waals surface area contributed by atoms with E-state index in [2.05, 4.69) is 40.7 Å². The SMILES string of the molecule is CC(C)N1C[C@@H]2CCCO[C@@H]2[C@H](N(C)Cc2cncnc2)C1.O=C(O)C(F)(F)F.O=C(O)C(F)(F)F. The van der Waals surface area contributed by atoms with Crippen molar-refractivity contribution >= 4 is 11.9 Å². The molecule has 206 valence electrons. The normalized spacial score (nSPS) is 22.6. The lowest BCUT2D eigenvalue weighted by Crippen LogP contribution is -2.61. The molecule has 15 heteroatoms. The van der Waals surface area contributed by atoms with E-state index in [9.17, 15) is 26.3 Å². The van der Waals surface area contributed by atoms with E-state index in [1.807, 2.05) is 12.4 Å². The maximum Gasteiger partial charge on any atom is 0.490 e. The number of hydrogen-bond donors (Lipinski definition) is 2. The van der Waals surface area contributed by atoms with Crippen LogP contribution in [-0.2, 0) is 20.9 Å². The summed E-state index contributed by atoms with van der Waals surface area (Å²) in [6.45, 7) is 8.66. The fraction of sp³-hybridized carbons (Fsp3) is 0.714. The molecule has 2 aliphatic heterocycles. The molecule has 2 aliphatic rings. The number of halogens is 6. The van der Waals surface area contributed by atoms with E-state index in [4.69, 9.17) is 24.5 Å². The Morgan fingerprint density at radius 1 is 1.08 bits per heavy atom. The van der Waals surface area contributed by atoms with Crippen molar-refractivity contribution < 1.29 is 50.9 Å². The van der Waals surface area contributed by atoms with E-state index in [0.717, 1.165) is 19.7 Å². The maximum absolute atomic E-state index is 10.6. The summed E-state index contributed by atoms with van der Waals surface area (Å²) in [6.07, 6.45) is -1.89. The van der Waals surface area contributed by atoms with Crippen molar-refractivity contribution in [3.05, 3.63) is 24.3 Å². The standard InChI is InChI=1S/C17H28N4O.2C2HF3O2/c1-13(2)21-10-15-5-4-6-22-17(15)16(11-21)20(3)9-14-7-18-12-19-8-14;2*3-2(4,5)1(6)7/h7-8,12-13,15-17H,4-6,9-11H2,1-3H3;2*(H,6,7)/t15-,16+,17-;;/m0../s1. The molecule has 2 saturated heterocycles. The second-order valence-electron chi connectivity index (χ2n) is 8.62. The molecule has 36 heavy (non-hydrogen) atoms. The van der Waals surface area contributed by atoms with Crippen LogP contribution in [0.4, 0.5) is 26.3 Å². The Morgan fingerprint density at radius 2 is 1.58 bits per heavy atom. The third-order valence-corrected chi connectivity index (χ3v) is 5.59. The summed E-state index contributed by atoms with van der Waals surface area (Å²) in [6, 6.07) is 1.04. The predicted octanol–water partition coefficient (Wildman–Crippen LogP) is 3.06. The van der Waals surface area contributed by atoms with Gasteiger partial charge in [-0.15, -0.1) is 0 Å². The zero-order valence-electron chi connectivity index (χ0n) is 20.0. The molecular formula is C21H30F6N4O5. The van der Waals surface area contributed by atoms with Gasteiger partial charge in [-0.05, 0) is 39.7 Å². The van der Waals surface area contributed by atoms with Crippen LogP contribution in [0.3, 0.4) is 0 Å². The number of carbonyl (C=O) groups is 2. The number of fused-ring (bicyclic) bond motifs is 1. The van der Waals surface area contributed by atoms with Crippen LogP contribution in [0, 0.1) is 5.92 Å². The Balaban J connectivity index is 0.000000383. The number of carboxylic acids is 2. The van der Waals surface area contributed by atoms with Gasteiger partial charge >= 0.3 is 24.3 Å². The molecule has 0 amide bonds. The van der Waals surface area contributed by atoms with E-state index < -0.39 is 24.3 Å². The van der Waals surface area contributed by atoms with E-state index >= 15 is 0 Å². The number of aliphatic carboxylic acids is 2. The quantitative estimate of drug-likeness (QED) is 0.565. The highest BCUT2D eigenvalue weighted by Gasteiger charge is 2.41. The Labute approximate surface area is 204 Å². The zero-order chi connectivity index (χ0) is 27.7. The first kappa shape index (κ1) is 31.5. The summed E-state index contributed by atoms with van der Waals surface area (Å²) >= 11 is 0. The lowest BCUT2D eigenvalue weighted by molar-refractivity contribution is -0.193. The molecule has 0 aromatic carbocycles. The third-order valence-electron chi connectivity index (χ3n) is 5.59. The van der Waals surface area contributed by atoms with E-state index in [1.165, 1.54) is 24.9 Å². The molecule has 0 unspecified atom stereocenters. The molecule has 2 N–H and O–H groups in total. The number of hydrogen-bond acceptors (Lipinski definition) is 7. The Morgan fingerprint density at radius 3 is 2.03 bits per heavy atom. The van der Waals surface area contributed by atoms with Gasteiger partial charge in [-0.2, -0.15) is 26.3 Å². The fourth-order valence-corrected chi connectivity index (χ4v) is 3.83. The molecule has 0 bridgehead atoms. The first-order valence-corrected chi connectivity index (χ1v) is 10.9. The van der Waals surface area contributed by atoms with Gasteiger partial charge < -0.3 is 14.9 Å². The summed E-state index contributed by atoms with van der Waals surface area (Å²) in [5, 5.41) is 14.2. The lowest BCUT2D eigenvalue weighted by Gasteiger charge is -2.49. The fourth-order valence-electron chi connectivity index (χ4n) is 3.83. The number of aromatic nitrogens is 2. The number of alkyl halides is 6. The minimum Gasteiger partial charge on any atom is -0.475 e. The van der Waals surface area contributed by atoms with Crippen molar-refractivity contribution in [3.8, 4) is 0 Å². The maximum atomic E-state index is 10.6. The molecule has 0 saturated carbocycles. The summed E-state index contributed by atoms with van der Waals surface area (Å²) in [5.74, 6) is -4.84. The van der Waals surface area contributed by atoms with Crippen molar-refractivity contribution in [1.29, 1.82) is 0 Å². The van der Waals surface area contributed by atoms with Crippen LogP contribution in [0.15, 0.2) is 18.7 Å². The van der Waals surface area contributed by atoms with Gasteiger partial charge in [-0.25, -0.2) is 19.6 Å². The first-order valence-electron chi connectivity index (χ1n) is 10.9. The minimum absolute atomic E-state index is 0.374. The number of carboxylic acid groups (broad SMARTS) is 2. The van der Waals surface area contributed by atoms with Crippen LogP contribution in [0.25, 0.3) is 0 Å². The van der Waals surface area contributed by atoms with Crippen molar-refractivity contribution in [3.63, 3.8) is 0 Å². The molecule has 9 nitrogen and oxygen atoms in total. The summed E-state index contributed by atoms with van der Waals surface area (Å²) in [7, 11) is 2.20. The Hall–Kier alpha value is -2.52. The number of rotatable bonds is 4. The number of ether oxygens (including phenoxy) is 1.